The Balaban J connectivity index is 2.31. The van der Waals surface area contributed by atoms with Crippen molar-refractivity contribution in [2.45, 2.75) is 0 Å². The summed E-state index contributed by atoms with van der Waals surface area (Å²) in [5, 5.41) is 8.51. The molecule has 0 heterocycles. The van der Waals surface area contributed by atoms with Crippen LogP contribution < -0.4 is 4.74 Å². The van der Waals surface area contributed by atoms with E-state index in [2.05, 4.69) is 0 Å². The third-order valence-corrected chi connectivity index (χ3v) is 2.43. The molecule has 2 aromatic carbocycles. The molecule has 0 aliphatic rings. The lowest BCUT2D eigenvalue weighted by Gasteiger charge is -2.08. The van der Waals surface area contributed by atoms with Crippen LogP contribution >= 0.6 is 0 Å². The van der Waals surface area contributed by atoms with Gasteiger partial charge < -0.3 is 9.84 Å². The van der Waals surface area contributed by atoms with Crippen LogP contribution in [0, 0.1) is 17.5 Å². The molecule has 0 radical (unpaired) electrons. The van der Waals surface area contributed by atoms with Gasteiger partial charge in [-0.25, -0.2) is 18.0 Å². The van der Waals surface area contributed by atoms with E-state index in [-0.39, 0.29) is 11.3 Å². The zero-order valence-corrected chi connectivity index (χ0v) is 10.5. The molecule has 0 aromatic heterocycles. The average molecular weight is 294 g/mol. The van der Waals surface area contributed by atoms with E-state index >= 15 is 0 Å². The Kier molecular flexibility index (Phi) is 4.27. The minimum atomic E-state index is -1.20. The van der Waals surface area contributed by atoms with E-state index in [1.54, 1.807) is 0 Å². The minimum Gasteiger partial charge on any atom is -0.478 e. The van der Waals surface area contributed by atoms with Gasteiger partial charge in [0.15, 0.2) is 11.6 Å². The molecule has 3 nitrogen and oxygen atoms in total. The summed E-state index contributed by atoms with van der Waals surface area (Å²) in [6.45, 7) is 0. The maximum Gasteiger partial charge on any atom is 0.328 e. The molecule has 0 fully saturated rings. The maximum atomic E-state index is 13.4. The molecule has 6 heteroatoms. The molecule has 0 atom stereocenters. The highest BCUT2D eigenvalue weighted by atomic mass is 19.1. The molecular weight excluding hydrogens is 285 g/mol. The van der Waals surface area contributed by atoms with Crippen molar-refractivity contribution in [3.05, 3.63) is 65.5 Å². The van der Waals surface area contributed by atoms with Crippen molar-refractivity contribution in [2.75, 3.05) is 0 Å². The summed E-state index contributed by atoms with van der Waals surface area (Å²) in [7, 11) is 0. The van der Waals surface area contributed by atoms with E-state index in [0.29, 0.717) is 0 Å². The maximum absolute atomic E-state index is 13.4. The molecule has 0 spiro atoms. The molecule has 0 aliphatic carbocycles. The van der Waals surface area contributed by atoms with E-state index in [9.17, 15) is 18.0 Å². The predicted molar refractivity (Wildman–Crippen MR) is 69.5 cm³/mol. The fourth-order valence-corrected chi connectivity index (χ4v) is 1.59. The van der Waals surface area contributed by atoms with Crippen molar-refractivity contribution >= 4 is 12.0 Å². The van der Waals surface area contributed by atoms with Gasteiger partial charge in [0.05, 0.1) is 0 Å². The Bertz CT molecular complexity index is 711. The lowest BCUT2D eigenvalue weighted by molar-refractivity contribution is -0.131. The van der Waals surface area contributed by atoms with Gasteiger partial charge in [-0.2, -0.15) is 0 Å². The van der Waals surface area contributed by atoms with Gasteiger partial charge in [-0.15, -0.1) is 0 Å². The Labute approximate surface area is 117 Å². The van der Waals surface area contributed by atoms with Crippen LogP contribution in [0.4, 0.5) is 13.2 Å². The van der Waals surface area contributed by atoms with Gasteiger partial charge in [-0.3, -0.25) is 0 Å². The third kappa shape index (κ3) is 4.10. The molecule has 21 heavy (non-hydrogen) atoms. The number of hydrogen-bond acceptors (Lipinski definition) is 2. The van der Waals surface area contributed by atoms with Crippen molar-refractivity contribution in [3.8, 4) is 11.5 Å². The van der Waals surface area contributed by atoms with Gasteiger partial charge in [0, 0.05) is 18.2 Å². The fourth-order valence-electron chi connectivity index (χ4n) is 1.59. The van der Waals surface area contributed by atoms with Crippen LogP contribution in [0.15, 0.2) is 42.5 Å². The monoisotopic (exact) mass is 294 g/mol. The summed E-state index contributed by atoms with van der Waals surface area (Å²) in [5.41, 5.74) is 0.212. The minimum absolute atomic E-state index is 0.0791. The number of benzene rings is 2. The summed E-state index contributed by atoms with van der Waals surface area (Å²) in [4.78, 5) is 10.4. The number of carboxylic acids is 1. The van der Waals surface area contributed by atoms with Crippen LogP contribution in [-0.4, -0.2) is 11.1 Å². The van der Waals surface area contributed by atoms with Crippen molar-refractivity contribution < 1.29 is 27.8 Å². The summed E-state index contributed by atoms with van der Waals surface area (Å²) in [6.07, 6.45) is 1.97. The SMILES string of the molecule is O=C(O)/C=C/c1cc(F)cc(Oc2cc(F)ccc2F)c1. The second-order valence-electron chi connectivity index (χ2n) is 4.07. The molecule has 0 bridgehead atoms. The number of carbonyl (C=O) groups is 1. The van der Waals surface area contributed by atoms with Gasteiger partial charge >= 0.3 is 5.97 Å². The smallest absolute Gasteiger partial charge is 0.328 e. The number of hydrogen-bond donors (Lipinski definition) is 1. The third-order valence-electron chi connectivity index (χ3n) is 2.43. The van der Waals surface area contributed by atoms with Crippen LogP contribution in [0.25, 0.3) is 6.08 Å². The Morgan fingerprint density at radius 3 is 2.52 bits per heavy atom. The van der Waals surface area contributed by atoms with Gasteiger partial charge in [0.2, 0.25) is 0 Å². The van der Waals surface area contributed by atoms with Gasteiger partial charge in [-0.05, 0) is 35.9 Å². The first-order chi connectivity index (χ1) is 9.94. The molecule has 108 valence electrons. The average Bonchev–Trinajstić information content (AvgIpc) is 2.40. The predicted octanol–water partition coefficient (Wildman–Crippen LogP) is 3.99. The van der Waals surface area contributed by atoms with E-state index in [0.717, 1.165) is 42.5 Å². The number of ether oxygens (including phenoxy) is 1. The van der Waals surface area contributed by atoms with E-state index in [4.69, 9.17) is 9.84 Å². The highest BCUT2D eigenvalue weighted by Crippen LogP contribution is 2.27. The summed E-state index contributed by atoms with van der Waals surface area (Å²) in [5.74, 6) is -3.87. The second kappa shape index (κ2) is 6.13. The number of halogens is 3. The number of rotatable bonds is 4. The van der Waals surface area contributed by atoms with Gasteiger partial charge in [-0.1, -0.05) is 0 Å². The largest absolute Gasteiger partial charge is 0.478 e. The first kappa shape index (κ1) is 14.6. The fraction of sp³-hybridized carbons (Fsp3) is 0. The van der Waals surface area contributed by atoms with Crippen LogP contribution in [0.5, 0.6) is 11.5 Å². The zero-order chi connectivity index (χ0) is 15.4. The topological polar surface area (TPSA) is 46.5 Å². The summed E-state index contributed by atoms with van der Waals surface area (Å²) in [6, 6.07) is 5.99. The Morgan fingerprint density at radius 2 is 1.81 bits per heavy atom. The Morgan fingerprint density at radius 1 is 1.05 bits per heavy atom. The first-order valence-corrected chi connectivity index (χ1v) is 5.78. The molecule has 2 aromatic rings. The molecule has 1 N–H and O–H groups in total. The first-order valence-electron chi connectivity index (χ1n) is 5.78. The number of aliphatic carboxylic acids is 1. The normalized spacial score (nSPS) is 10.8. The van der Waals surface area contributed by atoms with Gasteiger partial charge in [0.25, 0.3) is 0 Å². The molecule has 0 amide bonds. The standard InChI is InChI=1S/C15H9F3O3/c16-10-2-3-13(18)14(8-10)21-12-6-9(1-4-15(19)20)5-11(17)7-12/h1-8H,(H,19,20)/b4-1+. The highest BCUT2D eigenvalue weighted by Gasteiger charge is 2.08. The molecule has 0 unspecified atom stereocenters. The lowest BCUT2D eigenvalue weighted by atomic mass is 10.2. The van der Waals surface area contributed by atoms with E-state index < -0.39 is 29.2 Å². The van der Waals surface area contributed by atoms with Crippen LogP contribution in [0.1, 0.15) is 5.56 Å². The van der Waals surface area contributed by atoms with Crippen molar-refractivity contribution in [1.82, 2.24) is 0 Å². The summed E-state index contributed by atoms with van der Waals surface area (Å²) < 4.78 is 44.9. The molecule has 0 saturated heterocycles. The second-order valence-corrected chi connectivity index (χ2v) is 4.07. The molecule has 0 aliphatic heterocycles. The quantitative estimate of drug-likeness (QED) is 0.867. The van der Waals surface area contributed by atoms with Crippen molar-refractivity contribution in [1.29, 1.82) is 0 Å². The van der Waals surface area contributed by atoms with Crippen molar-refractivity contribution in [2.24, 2.45) is 0 Å². The van der Waals surface area contributed by atoms with Gasteiger partial charge in [0.1, 0.15) is 17.4 Å². The van der Waals surface area contributed by atoms with E-state index in [1.807, 2.05) is 0 Å². The Hall–Kier alpha value is -2.76. The summed E-state index contributed by atoms with van der Waals surface area (Å²) >= 11 is 0. The van der Waals surface area contributed by atoms with Crippen molar-refractivity contribution in [3.63, 3.8) is 0 Å². The van der Waals surface area contributed by atoms with Crippen LogP contribution in [0.3, 0.4) is 0 Å². The highest BCUT2D eigenvalue weighted by molar-refractivity contribution is 5.85. The molecule has 0 saturated carbocycles. The lowest BCUT2D eigenvalue weighted by Crippen LogP contribution is -1.92. The van der Waals surface area contributed by atoms with Crippen LogP contribution in [-0.2, 0) is 4.79 Å². The number of carboxylic acid groups (broad SMARTS) is 1. The van der Waals surface area contributed by atoms with E-state index in [1.165, 1.54) is 6.07 Å². The van der Waals surface area contributed by atoms with Crippen LogP contribution in [0.2, 0.25) is 0 Å². The molecule has 2 rings (SSSR count). The zero-order valence-electron chi connectivity index (χ0n) is 10.5. The molecular formula is C15H9F3O3.